The number of hydrogen-bond donors (Lipinski definition) is 0. The van der Waals surface area contributed by atoms with Gasteiger partial charge >= 0.3 is 22.9 Å². The Labute approximate surface area is 195 Å². The second-order valence-electron chi connectivity index (χ2n) is 9.42. The Morgan fingerprint density at radius 2 is 1.80 bits per heavy atom. The highest BCUT2D eigenvalue weighted by Crippen LogP contribution is 2.49. The highest BCUT2D eigenvalue weighted by Gasteiger charge is 2.71. The van der Waals surface area contributed by atoms with Gasteiger partial charge in [0.2, 0.25) is 27.2 Å². The number of aromatic nitrogens is 6. The first-order valence-electron chi connectivity index (χ1n) is 11.5. The standard InChI is InChI=1S/C26H14N7O2/c1-13-12-19-18-6-3-7-21-30(18)33(31(19)28-13)24-20(35-21)9-8-17-23(24)29-22-14(4-2-5-16(22)25(17)34)15-10-11-27-32(33)26(15)29/h2-12H,1H3/q+3. The zero-order valence-corrected chi connectivity index (χ0v) is 18.3. The van der Waals surface area contributed by atoms with E-state index < -0.39 is 0 Å². The molecule has 1 unspecified atom stereocenters. The zero-order chi connectivity index (χ0) is 22.8. The van der Waals surface area contributed by atoms with Crippen LogP contribution >= 0.6 is 0 Å². The predicted octanol–water partition coefficient (Wildman–Crippen LogP) is 2.77. The van der Waals surface area contributed by atoms with E-state index in [9.17, 15) is 4.79 Å². The molecule has 0 N–H and O–H groups in total. The molecular weight excluding hydrogens is 442 g/mol. The Morgan fingerprint density at radius 1 is 0.943 bits per heavy atom. The van der Waals surface area contributed by atoms with Crippen molar-refractivity contribution >= 4 is 43.9 Å². The van der Waals surface area contributed by atoms with Gasteiger partial charge < -0.3 is 4.74 Å². The lowest BCUT2D eigenvalue weighted by molar-refractivity contribution is -1.07. The maximum Gasteiger partial charge on any atom is 0.438 e. The van der Waals surface area contributed by atoms with Crippen molar-refractivity contribution in [2.75, 3.05) is 0 Å². The molecule has 5 aromatic heterocycles. The van der Waals surface area contributed by atoms with Crippen molar-refractivity contribution in [3.63, 3.8) is 0 Å². The summed E-state index contributed by atoms with van der Waals surface area (Å²) in [5, 5.41) is 13.4. The summed E-state index contributed by atoms with van der Waals surface area (Å²) < 4.78 is 10.8. The molecule has 0 amide bonds. The summed E-state index contributed by atoms with van der Waals surface area (Å²) in [5.41, 5.74) is 6.29. The molecule has 3 aliphatic rings. The molecule has 0 saturated carbocycles. The van der Waals surface area contributed by atoms with Gasteiger partial charge in [0.05, 0.1) is 34.1 Å². The van der Waals surface area contributed by atoms with Crippen molar-refractivity contribution in [2.24, 2.45) is 0 Å². The number of hydrogen-bond acceptors (Lipinski definition) is 4. The number of ether oxygens (including phenoxy) is 1. The fraction of sp³-hybridized carbons (Fsp3) is 0.0385. The number of nitrogens with zero attached hydrogens (tertiary/aromatic N) is 7. The molecule has 9 heteroatoms. The van der Waals surface area contributed by atoms with Gasteiger partial charge in [-0.25, -0.2) is 0 Å². The van der Waals surface area contributed by atoms with Crippen LogP contribution < -0.4 is 24.4 Å². The first-order chi connectivity index (χ1) is 17.2. The maximum atomic E-state index is 13.9. The Kier molecular flexibility index (Phi) is 2.30. The Balaban J connectivity index is 1.64. The van der Waals surface area contributed by atoms with Crippen LogP contribution in [-0.2, 0) is 0 Å². The molecule has 0 saturated heterocycles. The third-order valence-electron chi connectivity index (χ3n) is 7.76. The van der Waals surface area contributed by atoms with E-state index in [-0.39, 0.29) is 10.2 Å². The van der Waals surface area contributed by atoms with Gasteiger partial charge in [-0.15, -0.1) is 5.10 Å². The molecule has 3 aliphatic heterocycles. The van der Waals surface area contributed by atoms with Gasteiger partial charge in [0.15, 0.2) is 5.52 Å². The third kappa shape index (κ3) is 1.43. The lowest BCUT2D eigenvalue weighted by Crippen LogP contribution is -2.89. The number of benzene rings is 2. The van der Waals surface area contributed by atoms with Crippen molar-refractivity contribution in [3.8, 4) is 23.0 Å². The van der Waals surface area contributed by atoms with Crippen molar-refractivity contribution < 1.29 is 14.2 Å². The predicted molar refractivity (Wildman–Crippen MR) is 126 cm³/mol. The molecule has 9 nitrogen and oxygen atoms in total. The minimum absolute atomic E-state index is 0.00343. The molecule has 0 radical (unpaired) electrons. The summed E-state index contributed by atoms with van der Waals surface area (Å²) in [5.74, 6) is 1.35. The van der Waals surface area contributed by atoms with Crippen LogP contribution in [-0.4, -0.2) is 19.4 Å². The number of rotatable bonds is 0. The summed E-state index contributed by atoms with van der Waals surface area (Å²) in [6.07, 6.45) is 1.83. The average molecular weight is 456 g/mol. The summed E-state index contributed by atoms with van der Waals surface area (Å²) in [4.78, 5) is 17.9. The van der Waals surface area contributed by atoms with Crippen molar-refractivity contribution in [1.82, 2.24) is 24.2 Å². The van der Waals surface area contributed by atoms with Gasteiger partial charge in [-0.1, -0.05) is 6.07 Å². The van der Waals surface area contributed by atoms with E-state index >= 15 is 0 Å². The molecule has 35 heavy (non-hydrogen) atoms. The van der Waals surface area contributed by atoms with Gasteiger partial charge in [0, 0.05) is 16.2 Å². The Bertz CT molecular complexity index is 2250. The average Bonchev–Trinajstić information content (AvgIpc) is 3.51. The van der Waals surface area contributed by atoms with Gasteiger partial charge in [-0.2, -0.15) is 4.40 Å². The second-order valence-corrected chi connectivity index (χ2v) is 9.42. The first kappa shape index (κ1) is 16.7. The normalized spacial score (nSPS) is 18.3. The van der Waals surface area contributed by atoms with Crippen LogP contribution in [0.25, 0.3) is 49.6 Å². The third-order valence-corrected chi connectivity index (χ3v) is 7.76. The smallest absolute Gasteiger partial charge is 0.394 e. The number of quaternary nitrogens is 1. The second kappa shape index (κ2) is 4.82. The summed E-state index contributed by atoms with van der Waals surface area (Å²) in [6, 6.07) is 19.9. The quantitative estimate of drug-likeness (QED) is 0.200. The van der Waals surface area contributed by atoms with E-state index in [1.165, 1.54) is 0 Å². The molecule has 8 heterocycles. The van der Waals surface area contributed by atoms with Gasteiger partial charge in [-0.3, -0.25) is 4.79 Å². The monoisotopic (exact) mass is 456 g/mol. The Hall–Kier alpha value is -4.89. The van der Waals surface area contributed by atoms with E-state index in [2.05, 4.69) is 27.3 Å². The SMILES string of the molecule is Cc1cc2n(n1)[N+]13c4c(ccc5c(=O)c6cccc7c8ccn[n+]1c8n(c45)c67)Oc1cccc-2[n+]13. The molecule has 10 rings (SSSR count). The number of para-hydroxylation sites is 1. The molecule has 0 fully saturated rings. The van der Waals surface area contributed by atoms with Gasteiger partial charge in [-0.05, 0) is 54.5 Å². The molecule has 0 aliphatic carbocycles. The van der Waals surface area contributed by atoms with E-state index in [1.54, 1.807) is 0 Å². The summed E-state index contributed by atoms with van der Waals surface area (Å²) in [7, 11) is 0. The minimum Gasteiger partial charge on any atom is -0.394 e. The van der Waals surface area contributed by atoms with Crippen LogP contribution in [0.5, 0.6) is 11.6 Å². The number of aryl methyl sites for hydroxylation is 1. The van der Waals surface area contributed by atoms with Crippen LogP contribution in [0, 0.1) is 6.92 Å². The lowest BCUT2D eigenvalue weighted by atomic mass is 10.1. The van der Waals surface area contributed by atoms with E-state index in [1.807, 2.05) is 65.2 Å². The molecule has 162 valence electrons. The van der Waals surface area contributed by atoms with Crippen molar-refractivity contribution in [3.05, 3.63) is 82.8 Å². The molecule has 7 aromatic rings. The summed E-state index contributed by atoms with van der Waals surface area (Å²) in [6.45, 7) is 2.00. The largest absolute Gasteiger partial charge is 0.438 e. The fourth-order valence-electron chi connectivity index (χ4n) is 6.60. The molecule has 1 spiro atoms. The maximum absolute atomic E-state index is 13.9. The van der Waals surface area contributed by atoms with Gasteiger partial charge in [0.25, 0.3) is 0 Å². The lowest BCUT2D eigenvalue weighted by Gasteiger charge is -2.27. The molecule has 0 bridgehead atoms. The van der Waals surface area contributed by atoms with Crippen LogP contribution in [0.15, 0.2) is 71.7 Å². The first-order valence-corrected chi connectivity index (χ1v) is 11.5. The van der Waals surface area contributed by atoms with E-state index in [4.69, 9.17) is 14.9 Å². The number of pyridine rings is 2. The van der Waals surface area contributed by atoms with E-state index in [0.29, 0.717) is 22.4 Å². The zero-order valence-electron chi connectivity index (χ0n) is 18.3. The van der Waals surface area contributed by atoms with Gasteiger partial charge in [0.1, 0.15) is 9.47 Å². The van der Waals surface area contributed by atoms with Crippen LogP contribution in [0.3, 0.4) is 0 Å². The van der Waals surface area contributed by atoms with Crippen molar-refractivity contribution in [1.29, 1.82) is 0 Å². The topological polar surface area (TPSA) is 69.2 Å². The highest BCUT2D eigenvalue weighted by atomic mass is 16.5. The van der Waals surface area contributed by atoms with E-state index in [0.717, 1.165) is 50.2 Å². The summed E-state index contributed by atoms with van der Waals surface area (Å²) >= 11 is 0. The molecule has 1 atom stereocenters. The van der Waals surface area contributed by atoms with Crippen LogP contribution in [0.1, 0.15) is 5.69 Å². The molecular formula is C26H14N7O2+3. The molecule has 2 aromatic carbocycles. The Morgan fingerprint density at radius 3 is 2.74 bits per heavy atom. The number of fused-ring (bicyclic) bond motifs is 3. The minimum atomic E-state index is 0.00343. The van der Waals surface area contributed by atoms with Crippen LogP contribution in [0.2, 0.25) is 0 Å². The highest BCUT2D eigenvalue weighted by molar-refractivity contribution is 6.17. The fourth-order valence-corrected chi connectivity index (χ4v) is 6.60. The van der Waals surface area contributed by atoms with Crippen LogP contribution in [0.4, 0.5) is 5.69 Å². The van der Waals surface area contributed by atoms with Crippen molar-refractivity contribution in [2.45, 2.75) is 6.92 Å².